The van der Waals surface area contributed by atoms with E-state index >= 15 is 0 Å². The van der Waals surface area contributed by atoms with Crippen LogP contribution in [0.4, 0.5) is 8.78 Å². The number of hydrogen-bond donors (Lipinski definition) is 1. The second kappa shape index (κ2) is 9.60. The molecule has 2 unspecified atom stereocenters. The van der Waals surface area contributed by atoms with Crippen LogP contribution in [0.25, 0.3) is 0 Å². The van der Waals surface area contributed by atoms with E-state index in [0.29, 0.717) is 24.5 Å². The van der Waals surface area contributed by atoms with Gasteiger partial charge in [0, 0.05) is 23.5 Å². The number of halogens is 2. The Bertz CT molecular complexity index is 1100. The molecule has 1 heterocycles. The summed E-state index contributed by atoms with van der Waals surface area (Å²) in [5.74, 6) is -0.0827. The lowest BCUT2D eigenvalue weighted by Crippen LogP contribution is -2.25. The maximum absolute atomic E-state index is 15.0. The molecular weight excluding hydrogens is 410 g/mol. The zero-order valence-electron chi connectivity index (χ0n) is 18.4. The van der Waals surface area contributed by atoms with Crippen LogP contribution in [0.3, 0.4) is 0 Å². The largest absolute Gasteiger partial charge is 0.508 e. The highest BCUT2D eigenvalue weighted by Crippen LogP contribution is 2.47. The van der Waals surface area contributed by atoms with Gasteiger partial charge >= 0.3 is 0 Å². The molecule has 0 saturated carbocycles. The first-order valence-electron chi connectivity index (χ1n) is 11.1. The van der Waals surface area contributed by atoms with Crippen LogP contribution in [0, 0.1) is 18.6 Å². The smallest absolute Gasteiger partial charge is 0.165 e. The Hall–Kier alpha value is -3.08. The summed E-state index contributed by atoms with van der Waals surface area (Å²) in [5, 5.41) is 9.90. The van der Waals surface area contributed by atoms with Crippen molar-refractivity contribution in [3.63, 3.8) is 0 Å². The van der Waals surface area contributed by atoms with Crippen LogP contribution in [0.15, 0.2) is 54.6 Å². The molecule has 1 N–H and O–H groups in total. The van der Waals surface area contributed by atoms with Crippen molar-refractivity contribution in [3.05, 3.63) is 88.5 Å². The lowest BCUT2D eigenvalue weighted by Gasteiger charge is -2.35. The number of ether oxygens (including phenoxy) is 2. The number of aryl methyl sites for hydroxylation is 1. The van der Waals surface area contributed by atoms with Crippen molar-refractivity contribution in [3.8, 4) is 17.2 Å². The standard InChI is InChI=1S/C27H28F2O3/c1-3-4-5-12-31-25-11-7-19(14-24(25)29)27-21-9-8-20(30)15-26(21)32-16-22(27)18-6-10-23(28)17(2)13-18/h6-11,13-15,22,27,30H,3-5,12,16H2,1-2H3. The molecule has 168 valence electrons. The van der Waals surface area contributed by atoms with Gasteiger partial charge in [0.15, 0.2) is 11.6 Å². The molecule has 3 aromatic carbocycles. The number of rotatable bonds is 7. The predicted octanol–water partition coefficient (Wildman–Crippen LogP) is 6.86. The molecule has 0 aromatic heterocycles. The minimum atomic E-state index is -0.403. The van der Waals surface area contributed by atoms with E-state index in [1.54, 1.807) is 31.2 Å². The number of unbranched alkanes of at least 4 members (excludes halogenated alkanes) is 2. The second-order valence-electron chi connectivity index (χ2n) is 8.37. The molecule has 1 aliphatic rings. The van der Waals surface area contributed by atoms with E-state index in [0.717, 1.165) is 36.0 Å². The Morgan fingerprint density at radius 2 is 1.78 bits per heavy atom. The summed E-state index contributed by atoms with van der Waals surface area (Å²) in [7, 11) is 0. The first kappa shape index (κ1) is 22.1. The third kappa shape index (κ3) is 4.57. The van der Waals surface area contributed by atoms with Gasteiger partial charge in [0.2, 0.25) is 0 Å². The highest BCUT2D eigenvalue weighted by molar-refractivity contribution is 5.51. The van der Waals surface area contributed by atoms with Crippen molar-refractivity contribution in [2.45, 2.75) is 44.9 Å². The number of phenolic OH excluding ortho intramolecular Hbond substituents is 1. The minimum absolute atomic E-state index is 0.112. The Labute approximate surface area is 187 Å². The molecule has 0 amide bonds. The summed E-state index contributed by atoms with van der Waals surface area (Å²) in [6.45, 7) is 4.66. The van der Waals surface area contributed by atoms with Gasteiger partial charge in [-0.15, -0.1) is 0 Å². The number of aromatic hydroxyl groups is 1. The van der Waals surface area contributed by atoms with Crippen LogP contribution in [0.1, 0.15) is 60.3 Å². The SMILES string of the molecule is CCCCCOc1ccc(C2c3ccc(O)cc3OCC2c2ccc(F)c(C)c2)cc1F. The average molecular weight is 439 g/mol. The van der Waals surface area contributed by atoms with Crippen LogP contribution in [0.2, 0.25) is 0 Å². The lowest BCUT2D eigenvalue weighted by atomic mass is 9.75. The highest BCUT2D eigenvalue weighted by Gasteiger charge is 2.34. The van der Waals surface area contributed by atoms with Gasteiger partial charge in [-0.05, 0) is 54.3 Å². The monoisotopic (exact) mass is 438 g/mol. The summed E-state index contributed by atoms with van der Waals surface area (Å²) in [6, 6.07) is 15.1. The predicted molar refractivity (Wildman–Crippen MR) is 121 cm³/mol. The quantitative estimate of drug-likeness (QED) is 0.410. The van der Waals surface area contributed by atoms with Gasteiger partial charge in [-0.25, -0.2) is 8.78 Å². The molecule has 0 aliphatic carbocycles. The molecule has 0 saturated heterocycles. The fourth-order valence-corrected chi connectivity index (χ4v) is 4.36. The van der Waals surface area contributed by atoms with Crippen LogP contribution in [-0.4, -0.2) is 18.3 Å². The normalized spacial score (nSPS) is 17.5. The second-order valence-corrected chi connectivity index (χ2v) is 8.37. The Morgan fingerprint density at radius 1 is 0.969 bits per heavy atom. The molecule has 1 aliphatic heterocycles. The maximum atomic E-state index is 15.0. The minimum Gasteiger partial charge on any atom is -0.508 e. The first-order valence-corrected chi connectivity index (χ1v) is 11.1. The molecule has 0 spiro atoms. The summed E-state index contributed by atoms with van der Waals surface area (Å²) in [6.07, 6.45) is 3.01. The van der Waals surface area contributed by atoms with Crippen LogP contribution < -0.4 is 9.47 Å². The van der Waals surface area contributed by atoms with E-state index in [1.165, 1.54) is 12.1 Å². The average Bonchev–Trinajstić information content (AvgIpc) is 2.78. The molecule has 3 nitrogen and oxygen atoms in total. The van der Waals surface area contributed by atoms with E-state index in [1.807, 2.05) is 18.2 Å². The topological polar surface area (TPSA) is 38.7 Å². The summed E-state index contributed by atoms with van der Waals surface area (Å²) in [5.41, 5.74) is 3.12. The highest BCUT2D eigenvalue weighted by atomic mass is 19.1. The molecule has 0 fully saturated rings. The summed E-state index contributed by atoms with van der Waals surface area (Å²) in [4.78, 5) is 0. The lowest BCUT2D eigenvalue weighted by molar-refractivity contribution is 0.247. The van der Waals surface area contributed by atoms with Crippen molar-refractivity contribution in [1.29, 1.82) is 0 Å². The summed E-state index contributed by atoms with van der Waals surface area (Å²) < 4.78 is 40.4. The molecule has 0 bridgehead atoms. The van der Waals surface area contributed by atoms with Crippen molar-refractivity contribution in [1.82, 2.24) is 0 Å². The zero-order chi connectivity index (χ0) is 22.7. The molecule has 4 rings (SSSR count). The number of phenols is 1. The fourth-order valence-electron chi connectivity index (χ4n) is 4.36. The van der Waals surface area contributed by atoms with Gasteiger partial charge in [-0.3, -0.25) is 0 Å². The van der Waals surface area contributed by atoms with Gasteiger partial charge < -0.3 is 14.6 Å². The third-order valence-corrected chi connectivity index (χ3v) is 6.08. The van der Waals surface area contributed by atoms with Crippen LogP contribution in [-0.2, 0) is 0 Å². The number of benzene rings is 3. The molecule has 5 heteroatoms. The third-order valence-electron chi connectivity index (χ3n) is 6.08. The van der Waals surface area contributed by atoms with Crippen molar-refractivity contribution in [2.75, 3.05) is 13.2 Å². The summed E-state index contributed by atoms with van der Waals surface area (Å²) >= 11 is 0. The van der Waals surface area contributed by atoms with E-state index in [2.05, 4.69) is 6.92 Å². The molecule has 32 heavy (non-hydrogen) atoms. The van der Waals surface area contributed by atoms with E-state index in [9.17, 15) is 13.9 Å². The molecular formula is C27H28F2O3. The molecule has 2 atom stereocenters. The molecule has 3 aromatic rings. The zero-order valence-corrected chi connectivity index (χ0v) is 18.4. The van der Waals surface area contributed by atoms with Gasteiger partial charge in [0.1, 0.15) is 17.3 Å². The first-order chi connectivity index (χ1) is 15.5. The Morgan fingerprint density at radius 3 is 2.53 bits per heavy atom. The Kier molecular flexibility index (Phi) is 6.63. The van der Waals surface area contributed by atoms with Gasteiger partial charge in [-0.1, -0.05) is 44.0 Å². The van der Waals surface area contributed by atoms with E-state index in [-0.39, 0.29) is 29.2 Å². The van der Waals surface area contributed by atoms with Gasteiger partial charge in [0.05, 0.1) is 13.2 Å². The maximum Gasteiger partial charge on any atom is 0.165 e. The van der Waals surface area contributed by atoms with Gasteiger partial charge in [-0.2, -0.15) is 0 Å². The number of fused-ring (bicyclic) bond motifs is 1. The van der Waals surface area contributed by atoms with Crippen molar-refractivity contribution < 1.29 is 23.4 Å². The fraction of sp³-hybridized carbons (Fsp3) is 0.333. The van der Waals surface area contributed by atoms with Crippen molar-refractivity contribution in [2.24, 2.45) is 0 Å². The Balaban J connectivity index is 1.71. The van der Waals surface area contributed by atoms with Crippen LogP contribution >= 0.6 is 0 Å². The van der Waals surface area contributed by atoms with Crippen LogP contribution in [0.5, 0.6) is 17.2 Å². The van der Waals surface area contributed by atoms with Gasteiger partial charge in [0.25, 0.3) is 0 Å². The number of hydrogen-bond acceptors (Lipinski definition) is 3. The van der Waals surface area contributed by atoms with Crippen molar-refractivity contribution >= 4 is 0 Å². The molecule has 0 radical (unpaired) electrons. The van der Waals surface area contributed by atoms with E-state index in [4.69, 9.17) is 9.47 Å². The van der Waals surface area contributed by atoms with E-state index < -0.39 is 5.82 Å².